The molecule has 142 valence electrons. The fourth-order valence-corrected chi connectivity index (χ4v) is 4.05. The summed E-state index contributed by atoms with van der Waals surface area (Å²) in [6.45, 7) is 5.98. The lowest BCUT2D eigenvalue weighted by molar-refractivity contribution is 0.0977. The summed E-state index contributed by atoms with van der Waals surface area (Å²) in [6, 6.07) is 14.1. The third-order valence-electron chi connectivity index (χ3n) is 5.88. The van der Waals surface area contributed by atoms with E-state index < -0.39 is 0 Å². The van der Waals surface area contributed by atoms with Crippen LogP contribution < -0.4 is 0 Å². The van der Waals surface area contributed by atoms with Gasteiger partial charge in [0.1, 0.15) is 5.75 Å². The lowest BCUT2D eigenvalue weighted by atomic mass is 9.78. The van der Waals surface area contributed by atoms with Gasteiger partial charge in [0.2, 0.25) is 0 Å². The second-order valence-electron chi connectivity index (χ2n) is 7.73. The molecule has 0 radical (unpaired) electrons. The molecule has 1 N–H and O–H groups in total. The molecule has 0 amide bonds. The molecule has 0 unspecified atom stereocenters. The molecule has 0 spiro atoms. The quantitative estimate of drug-likeness (QED) is 0.430. The minimum Gasteiger partial charge on any atom is -0.507 e. The van der Waals surface area contributed by atoms with Crippen molar-refractivity contribution in [3.8, 4) is 16.9 Å². The predicted molar refractivity (Wildman–Crippen MR) is 112 cm³/mol. The number of hydrogen-bond acceptors (Lipinski definition) is 2. The van der Waals surface area contributed by atoms with Crippen LogP contribution in [0, 0.1) is 5.92 Å². The van der Waals surface area contributed by atoms with Crippen LogP contribution in [0.15, 0.2) is 55.1 Å². The molecule has 2 aromatic carbocycles. The lowest BCUT2D eigenvalue weighted by Gasteiger charge is -2.27. The van der Waals surface area contributed by atoms with Crippen LogP contribution in [0.2, 0.25) is 0 Å². The first-order valence-corrected chi connectivity index (χ1v) is 10.2. The molecule has 0 atom stereocenters. The summed E-state index contributed by atoms with van der Waals surface area (Å²) in [5.74, 6) is 1.43. The molecule has 2 aromatic rings. The van der Waals surface area contributed by atoms with Crippen molar-refractivity contribution in [1.29, 1.82) is 0 Å². The number of phenolic OH excluding ortho intramolecular Hbond substituents is 1. The highest BCUT2D eigenvalue weighted by molar-refractivity contribution is 5.99. The van der Waals surface area contributed by atoms with Crippen LogP contribution in [-0.2, 0) is 0 Å². The van der Waals surface area contributed by atoms with Crippen molar-refractivity contribution in [2.75, 3.05) is 0 Å². The number of carbonyl (C=O) groups excluding carboxylic acids is 1. The smallest absolute Gasteiger partial charge is 0.166 e. The van der Waals surface area contributed by atoms with E-state index >= 15 is 0 Å². The van der Waals surface area contributed by atoms with Crippen LogP contribution in [0.1, 0.15) is 73.7 Å². The Morgan fingerprint density at radius 1 is 1.07 bits per heavy atom. The molecule has 1 aliphatic rings. The van der Waals surface area contributed by atoms with Crippen LogP contribution >= 0.6 is 0 Å². The van der Waals surface area contributed by atoms with Gasteiger partial charge >= 0.3 is 0 Å². The highest BCUT2D eigenvalue weighted by Gasteiger charge is 2.20. The van der Waals surface area contributed by atoms with E-state index in [2.05, 4.69) is 43.8 Å². The number of carbonyl (C=O) groups is 1. The van der Waals surface area contributed by atoms with Gasteiger partial charge in [0, 0.05) is 6.42 Å². The molecule has 0 saturated heterocycles. The highest BCUT2D eigenvalue weighted by Crippen LogP contribution is 2.37. The summed E-state index contributed by atoms with van der Waals surface area (Å²) in [5, 5.41) is 10.3. The van der Waals surface area contributed by atoms with Crippen molar-refractivity contribution in [3.63, 3.8) is 0 Å². The van der Waals surface area contributed by atoms with Gasteiger partial charge in [0.25, 0.3) is 0 Å². The third kappa shape index (κ3) is 4.68. The highest BCUT2D eigenvalue weighted by atomic mass is 16.3. The van der Waals surface area contributed by atoms with Gasteiger partial charge in [0.05, 0.1) is 5.56 Å². The Morgan fingerprint density at radius 2 is 1.74 bits per heavy atom. The molecule has 0 heterocycles. The van der Waals surface area contributed by atoms with E-state index in [-0.39, 0.29) is 11.5 Å². The first kappa shape index (κ1) is 19.4. The number of Topliss-reactive ketones (excluding diaryl/α,β-unsaturated/α-hetero) is 1. The molecule has 27 heavy (non-hydrogen) atoms. The SMILES string of the molecule is C=CC1CCC(c2ccc(-c3ccc(C(=O)CCCC)c(O)c3)cc2)CC1. The summed E-state index contributed by atoms with van der Waals surface area (Å²) >= 11 is 0. The number of aromatic hydroxyl groups is 1. The zero-order valence-electron chi connectivity index (χ0n) is 16.3. The van der Waals surface area contributed by atoms with Gasteiger partial charge in [-0.2, -0.15) is 0 Å². The fourth-order valence-electron chi connectivity index (χ4n) is 4.05. The molecule has 3 rings (SSSR count). The second-order valence-corrected chi connectivity index (χ2v) is 7.73. The number of rotatable bonds is 7. The van der Waals surface area contributed by atoms with Crippen LogP contribution in [0.3, 0.4) is 0 Å². The second kappa shape index (κ2) is 9.03. The van der Waals surface area contributed by atoms with Crippen LogP contribution in [-0.4, -0.2) is 10.9 Å². The van der Waals surface area contributed by atoms with E-state index in [0.29, 0.717) is 23.8 Å². The van der Waals surface area contributed by atoms with E-state index in [1.54, 1.807) is 12.1 Å². The Hall–Kier alpha value is -2.35. The Morgan fingerprint density at radius 3 is 2.33 bits per heavy atom. The maximum Gasteiger partial charge on any atom is 0.166 e. The van der Waals surface area contributed by atoms with Crippen molar-refractivity contribution in [2.45, 2.75) is 57.8 Å². The fraction of sp³-hybridized carbons (Fsp3) is 0.400. The third-order valence-corrected chi connectivity index (χ3v) is 5.88. The van der Waals surface area contributed by atoms with Crippen molar-refractivity contribution in [3.05, 3.63) is 66.2 Å². The summed E-state index contributed by atoms with van der Waals surface area (Å²) in [4.78, 5) is 12.2. The average Bonchev–Trinajstić information content (AvgIpc) is 2.72. The first-order valence-electron chi connectivity index (χ1n) is 10.2. The van der Waals surface area contributed by atoms with E-state index in [9.17, 15) is 9.90 Å². The van der Waals surface area contributed by atoms with Crippen molar-refractivity contribution in [2.24, 2.45) is 5.92 Å². The molecule has 0 bridgehead atoms. The molecular weight excluding hydrogens is 332 g/mol. The minimum atomic E-state index is 0.0198. The normalized spacial score (nSPS) is 19.6. The zero-order valence-corrected chi connectivity index (χ0v) is 16.3. The number of ketones is 1. The number of hydrogen-bond donors (Lipinski definition) is 1. The number of phenols is 1. The van der Waals surface area contributed by atoms with Crippen LogP contribution in [0.5, 0.6) is 5.75 Å². The molecule has 1 aliphatic carbocycles. The largest absolute Gasteiger partial charge is 0.507 e. The number of allylic oxidation sites excluding steroid dienone is 1. The average molecular weight is 363 g/mol. The van der Waals surface area contributed by atoms with Gasteiger partial charge in [-0.1, -0.05) is 49.8 Å². The Labute approximate surface area is 162 Å². The van der Waals surface area contributed by atoms with E-state index in [0.717, 1.165) is 24.0 Å². The van der Waals surface area contributed by atoms with Crippen molar-refractivity contribution in [1.82, 2.24) is 0 Å². The van der Waals surface area contributed by atoms with Gasteiger partial charge in [-0.25, -0.2) is 0 Å². The monoisotopic (exact) mass is 362 g/mol. The molecule has 0 aromatic heterocycles. The molecular formula is C25H30O2. The van der Waals surface area contributed by atoms with Gasteiger partial charge in [-0.3, -0.25) is 4.79 Å². The summed E-state index contributed by atoms with van der Waals surface area (Å²) in [5.41, 5.74) is 3.85. The Bertz CT molecular complexity index is 780. The molecule has 2 heteroatoms. The Kier molecular flexibility index (Phi) is 6.49. The molecule has 2 nitrogen and oxygen atoms in total. The maximum absolute atomic E-state index is 12.2. The minimum absolute atomic E-state index is 0.0198. The van der Waals surface area contributed by atoms with E-state index in [1.807, 2.05) is 6.07 Å². The number of benzene rings is 2. The molecule has 1 saturated carbocycles. The Balaban J connectivity index is 1.71. The van der Waals surface area contributed by atoms with Gasteiger partial charge < -0.3 is 5.11 Å². The lowest BCUT2D eigenvalue weighted by Crippen LogP contribution is -2.11. The van der Waals surface area contributed by atoms with Crippen molar-refractivity contribution >= 4 is 5.78 Å². The van der Waals surface area contributed by atoms with E-state index in [1.165, 1.54) is 31.2 Å². The van der Waals surface area contributed by atoms with Gasteiger partial charge in [-0.05, 0) is 72.8 Å². The predicted octanol–water partition coefficient (Wildman–Crippen LogP) is 6.89. The zero-order chi connectivity index (χ0) is 19.2. The standard InChI is InChI=1S/C25H30O2/c1-3-5-6-24(26)23-16-15-22(17-25(23)27)21-13-11-20(12-14-21)19-9-7-18(4-2)8-10-19/h4,11-19,27H,2-3,5-10H2,1H3. The molecule has 0 aliphatic heterocycles. The molecule has 1 fully saturated rings. The van der Waals surface area contributed by atoms with Gasteiger partial charge in [0.15, 0.2) is 5.78 Å². The maximum atomic E-state index is 12.2. The van der Waals surface area contributed by atoms with Crippen LogP contribution in [0.4, 0.5) is 0 Å². The number of unbranched alkanes of at least 4 members (excludes halogenated alkanes) is 1. The van der Waals surface area contributed by atoms with Gasteiger partial charge in [-0.15, -0.1) is 6.58 Å². The summed E-state index contributed by atoms with van der Waals surface area (Å²) in [7, 11) is 0. The van der Waals surface area contributed by atoms with Crippen LogP contribution in [0.25, 0.3) is 11.1 Å². The summed E-state index contributed by atoms with van der Waals surface area (Å²) in [6.07, 6.45) is 9.35. The summed E-state index contributed by atoms with van der Waals surface area (Å²) < 4.78 is 0. The first-order chi connectivity index (χ1) is 13.1. The van der Waals surface area contributed by atoms with E-state index in [4.69, 9.17) is 0 Å². The topological polar surface area (TPSA) is 37.3 Å². The van der Waals surface area contributed by atoms with Crippen molar-refractivity contribution < 1.29 is 9.90 Å².